The monoisotopic (exact) mass is 276 g/mol. The normalized spacial score (nSPS) is 10.4. The molecule has 0 aliphatic carbocycles. The summed E-state index contributed by atoms with van der Waals surface area (Å²) in [6, 6.07) is 9.02. The second-order valence-electron chi connectivity index (χ2n) is 4.01. The van der Waals surface area contributed by atoms with Crippen LogP contribution < -0.4 is 10.3 Å². The van der Waals surface area contributed by atoms with Gasteiger partial charge in [-0.1, -0.05) is 18.7 Å². The molecule has 0 amide bonds. The maximum atomic E-state index is 11.6. The van der Waals surface area contributed by atoms with E-state index >= 15 is 0 Å². The Morgan fingerprint density at radius 3 is 2.68 bits per heavy atom. The molecule has 0 radical (unpaired) electrons. The van der Waals surface area contributed by atoms with Crippen molar-refractivity contribution < 1.29 is 4.74 Å². The second kappa shape index (κ2) is 6.43. The van der Waals surface area contributed by atoms with E-state index in [-0.39, 0.29) is 5.56 Å². The molecule has 5 heteroatoms. The molecule has 0 fully saturated rings. The summed E-state index contributed by atoms with van der Waals surface area (Å²) < 4.78 is 5.11. The Balaban J connectivity index is 2.32. The van der Waals surface area contributed by atoms with Crippen molar-refractivity contribution >= 4 is 11.8 Å². The number of nitrogens with one attached hydrogen (secondary N) is 1. The van der Waals surface area contributed by atoms with Crippen LogP contribution >= 0.6 is 11.8 Å². The van der Waals surface area contributed by atoms with E-state index in [1.54, 1.807) is 18.9 Å². The quantitative estimate of drug-likeness (QED) is 0.674. The number of methoxy groups -OCH3 is 1. The van der Waals surface area contributed by atoms with Gasteiger partial charge in [-0.25, -0.2) is 4.98 Å². The summed E-state index contributed by atoms with van der Waals surface area (Å²) in [5.41, 5.74) is 1.47. The number of nitrogens with zero attached hydrogens (tertiary/aromatic N) is 1. The zero-order valence-corrected chi connectivity index (χ0v) is 11.8. The Hall–Kier alpha value is -1.75. The number of aromatic amines is 1. The van der Waals surface area contributed by atoms with Crippen molar-refractivity contribution in [3.05, 3.63) is 40.7 Å². The average molecular weight is 276 g/mol. The van der Waals surface area contributed by atoms with Gasteiger partial charge in [0.25, 0.3) is 5.56 Å². The van der Waals surface area contributed by atoms with Crippen LogP contribution in [0.1, 0.15) is 13.3 Å². The van der Waals surface area contributed by atoms with Crippen LogP contribution in [0, 0.1) is 0 Å². The molecule has 0 unspecified atom stereocenters. The number of hydrogen-bond donors (Lipinski definition) is 1. The van der Waals surface area contributed by atoms with Gasteiger partial charge in [-0.05, 0) is 30.7 Å². The van der Waals surface area contributed by atoms with Crippen molar-refractivity contribution in [3.63, 3.8) is 0 Å². The standard InChI is InChI=1S/C14H16N2O2S/c1-3-8-19-14-15-12(9-13(17)16-14)10-4-6-11(18-2)7-5-10/h4-7,9H,3,8H2,1-2H3,(H,15,16,17). The Bertz CT molecular complexity index is 593. The van der Waals surface area contributed by atoms with E-state index < -0.39 is 0 Å². The SMILES string of the molecule is CCCSc1nc(-c2ccc(OC)cc2)cc(=O)[nH]1. The highest BCUT2D eigenvalue weighted by molar-refractivity contribution is 7.99. The predicted molar refractivity (Wildman–Crippen MR) is 77.9 cm³/mol. The largest absolute Gasteiger partial charge is 0.497 e. The fraction of sp³-hybridized carbons (Fsp3) is 0.286. The highest BCUT2D eigenvalue weighted by Crippen LogP contribution is 2.21. The van der Waals surface area contributed by atoms with Gasteiger partial charge in [-0.3, -0.25) is 4.79 Å². The fourth-order valence-corrected chi connectivity index (χ4v) is 2.35. The van der Waals surface area contributed by atoms with Crippen LogP contribution in [-0.4, -0.2) is 22.8 Å². The zero-order chi connectivity index (χ0) is 13.7. The third-order valence-corrected chi connectivity index (χ3v) is 3.63. The van der Waals surface area contributed by atoms with Gasteiger partial charge in [-0.2, -0.15) is 0 Å². The number of thioether (sulfide) groups is 1. The Kier molecular flexibility index (Phi) is 4.63. The lowest BCUT2D eigenvalue weighted by Crippen LogP contribution is -2.08. The summed E-state index contributed by atoms with van der Waals surface area (Å²) in [5, 5.41) is 0.667. The van der Waals surface area contributed by atoms with Gasteiger partial charge in [0.05, 0.1) is 12.8 Å². The summed E-state index contributed by atoms with van der Waals surface area (Å²) >= 11 is 1.56. The summed E-state index contributed by atoms with van der Waals surface area (Å²) in [6.45, 7) is 2.10. The van der Waals surface area contributed by atoms with Gasteiger partial charge in [-0.15, -0.1) is 0 Å². The van der Waals surface area contributed by atoms with Crippen molar-refractivity contribution in [1.82, 2.24) is 9.97 Å². The zero-order valence-electron chi connectivity index (χ0n) is 11.0. The molecule has 0 spiro atoms. The molecule has 1 aromatic carbocycles. The van der Waals surface area contributed by atoms with Crippen LogP contribution in [0.2, 0.25) is 0 Å². The third kappa shape index (κ3) is 3.61. The molecule has 1 N–H and O–H groups in total. The molecule has 19 heavy (non-hydrogen) atoms. The minimum absolute atomic E-state index is 0.126. The number of benzene rings is 1. The average Bonchev–Trinajstić information content (AvgIpc) is 2.44. The first kappa shape index (κ1) is 13.7. The van der Waals surface area contributed by atoms with Crippen LogP contribution in [-0.2, 0) is 0 Å². The Labute approximate surface area is 116 Å². The summed E-state index contributed by atoms with van der Waals surface area (Å²) in [4.78, 5) is 18.8. The smallest absolute Gasteiger partial charge is 0.252 e. The van der Waals surface area contributed by atoms with Crippen molar-refractivity contribution in [2.24, 2.45) is 0 Å². The number of rotatable bonds is 5. The van der Waals surface area contributed by atoms with Gasteiger partial charge in [0, 0.05) is 17.4 Å². The van der Waals surface area contributed by atoms with Crippen LogP contribution in [0.3, 0.4) is 0 Å². The Morgan fingerprint density at radius 1 is 1.32 bits per heavy atom. The molecule has 0 aliphatic heterocycles. The minimum atomic E-state index is -0.126. The van der Waals surface area contributed by atoms with Gasteiger partial charge < -0.3 is 9.72 Å². The van der Waals surface area contributed by atoms with E-state index in [1.165, 1.54) is 6.07 Å². The first-order valence-corrected chi connectivity index (χ1v) is 7.10. The number of hydrogen-bond acceptors (Lipinski definition) is 4. The Morgan fingerprint density at radius 2 is 2.05 bits per heavy atom. The summed E-state index contributed by atoms with van der Waals surface area (Å²) in [6.07, 6.45) is 1.04. The molecule has 0 bridgehead atoms. The molecule has 0 saturated heterocycles. The van der Waals surface area contributed by atoms with Crippen molar-refractivity contribution in [2.45, 2.75) is 18.5 Å². The van der Waals surface area contributed by atoms with E-state index in [0.717, 1.165) is 23.5 Å². The first-order valence-electron chi connectivity index (χ1n) is 6.11. The highest BCUT2D eigenvalue weighted by atomic mass is 32.2. The molecule has 0 atom stereocenters. The lowest BCUT2D eigenvalue weighted by atomic mass is 10.1. The van der Waals surface area contributed by atoms with Crippen LogP contribution in [0.4, 0.5) is 0 Å². The van der Waals surface area contributed by atoms with Crippen LogP contribution in [0.5, 0.6) is 5.75 Å². The maximum absolute atomic E-state index is 11.6. The molecule has 2 rings (SSSR count). The van der Waals surface area contributed by atoms with Crippen LogP contribution in [0.15, 0.2) is 40.3 Å². The van der Waals surface area contributed by atoms with Gasteiger partial charge in [0.15, 0.2) is 5.16 Å². The van der Waals surface area contributed by atoms with Crippen molar-refractivity contribution in [1.29, 1.82) is 0 Å². The number of H-pyrrole nitrogens is 1. The molecular weight excluding hydrogens is 260 g/mol. The van der Waals surface area contributed by atoms with Gasteiger partial charge in [0.2, 0.25) is 0 Å². The second-order valence-corrected chi connectivity index (χ2v) is 5.10. The van der Waals surface area contributed by atoms with Crippen molar-refractivity contribution in [3.8, 4) is 17.0 Å². The highest BCUT2D eigenvalue weighted by Gasteiger charge is 2.04. The van der Waals surface area contributed by atoms with E-state index in [4.69, 9.17) is 4.74 Å². The molecule has 0 aliphatic rings. The lowest BCUT2D eigenvalue weighted by Gasteiger charge is -2.05. The molecule has 4 nitrogen and oxygen atoms in total. The van der Waals surface area contributed by atoms with E-state index in [9.17, 15) is 4.79 Å². The molecular formula is C14H16N2O2S. The summed E-state index contributed by atoms with van der Waals surface area (Å²) in [7, 11) is 1.62. The summed E-state index contributed by atoms with van der Waals surface area (Å²) in [5.74, 6) is 1.73. The number of aromatic nitrogens is 2. The minimum Gasteiger partial charge on any atom is -0.497 e. The van der Waals surface area contributed by atoms with Gasteiger partial charge in [0.1, 0.15) is 5.75 Å². The molecule has 1 heterocycles. The molecule has 0 saturated carbocycles. The molecule has 1 aromatic heterocycles. The number of ether oxygens (including phenoxy) is 1. The van der Waals surface area contributed by atoms with Crippen molar-refractivity contribution in [2.75, 3.05) is 12.9 Å². The maximum Gasteiger partial charge on any atom is 0.252 e. The molecule has 100 valence electrons. The fourth-order valence-electron chi connectivity index (χ4n) is 1.61. The van der Waals surface area contributed by atoms with E-state index in [2.05, 4.69) is 16.9 Å². The van der Waals surface area contributed by atoms with Gasteiger partial charge >= 0.3 is 0 Å². The van der Waals surface area contributed by atoms with E-state index in [1.807, 2.05) is 24.3 Å². The predicted octanol–water partition coefficient (Wildman–Crippen LogP) is 2.95. The first-order chi connectivity index (χ1) is 9.22. The topological polar surface area (TPSA) is 55.0 Å². The molecule has 2 aromatic rings. The third-order valence-electron chi connectivity index (χ3n) is 2.55. The van der Waals surface area contributed by atoms with E-state index in [0.29, 0.717) is 10.9 Å². The van der Waals surface area contributed by atoms with Crippen LogP contribution in [0.25, 0.3) is 11.3 Å². The lowest BCUT2D eigenvalue weighted by molar-refractivity contribution is 0.415.